The Labute approximate surface area is 129 Å². The zero-order valence-electron chi connectivity index (χ0n) is 11.0. The monoisotopic (exact) mass is 320 g/mol. The van der Waals surface area contributed by atoms with Crippen molar-refractivity contribution in [2.45, 2.75) is 6.92 Å². The van der Waals surface area contributed by atoms with E-state index in [9.17, 15) is 9.18 Å². The predicted molar refractivity (Wildman–Crippen MR) is 83.7 cm³/mol. The molecule has 6 heteroatoms. The van der Waals surface area contributed by atoms with Crippen LogP contribution in [0.15, 0.2) is 36.4 Å². The van der Waals surface area contributed by atoms with Gasteiger partial charge in [-0.2, -0.15) is 0 Å². The van der Waals surface area contributed by atoms with Crippen molar-refractivity contribution < 1.29 is 9.18 Å². The van der Waals surface area contributed by atoms with Crippen LogP contribution >= 0.6 is 22.9 Å². The standard InChI is InChI=1S/C15H10ClFN2OS/c1-8-5-10(16)7-12-13(8)18-15(21-12)19-14(20)9-3-2-4-11(17)6-9/h2-7H,1H3,(H,18,19,20). The van der Waals surface area contributed by atoms with Crippen LogP contribution in [0.1, 0.15) is 15.9 Å². The van der Waals surface area contributed by atoms with E-state index in [0.29, 0.717) is 10.2 Å². The lowest BCUT2D eigenvalue weighted by molar-refractivity contribution is 0.102. The van der Waals surface area contributed by atoms with E-state index in [-0.39, 0.29) is 5.56 Å². The molecule has 0 aliphatic carbocycles. The van der Waals surface area contributed by atoms with Crippen molar-refractivity contribution >= 4 is 44.2 Å². The second-order valence-corrected chi connectivity index (χ2v) is 6.02. The highest BCUT2D eigenvalue weighted by Gasteiger charge is 2.12. The molecule has 1 heterocycles. The molecule has 0 fully saturated rings. The highest BCUT2D eigenvalue weighted by Crippen LogP contribution is 2.31. The van der Waals surface area contributed by atoms with Crippen LogP contribution in [-0.2, 0) is 0 Å². The second-order valence-electron chi connectivity index (χ2n) is 4.55. The SMILES string of the molecule is Cc1cc(Cl)cc2sc(NC(=O)c3cccc(F)c3)nc12. The molecule has 0 spiro atoms. The lowest BCUT2D eigenvalue weighted by Gasteiger charge is -2.01. The van der Waals surface area contributed by atoms with E-state index in [2.05, 4.69) is 10.3 Å². The average Bonchev–Trinajstić information content (AvgIpc) is 2.81. The second kappa shape index (κ2) is 5.42. The number of nitrogens with one attached hydrogen (secondary N) is 1. The Hall–Kier alpha value is -1.98. The molecular formula is C15H10ClFN2OS. The van der Waals surface area contributed by atoms with Gasteiger partial charge in [-0.25, -0.2) is 9.37 Å². The van der Waals surface area contributed by atoms with E-state index in [1.54, 1.807) is 12.1 Å². The van der Waals surface area contributed by atoms with E-state index in [1.165, 1.54) is 29.5 Å². The maximum Gasteiger partial charge on any atom is 0.257 e. The number of anilines is 1. The van der Waals surface area contributed by atoms with E-state index in [4.69, 9.17) is 11.6 Å². The largest absolute Gasteiger partial charge is 0.298 e. The van der Waals surface area contributed by atoms with Gasteiger partial charge in [0.15, 0.2) is 5.13 Å². The van der Waals surface area contributed by atoms with Gasteiger partial charge in [0.05, 0.1) is 10.2 Å². The number of carbonyl (C=O) groups excluding carboxylic acids is 1. The van der Waals surface area contributed by atoms with E-state index >= 15 is 0 Å². The Bertz CT molecular complexity index is 847. The highest BCUT2D eigenvalue weighted by molar-refractivity contribution is 7.22. The first kappa shape index (κ1) is 14.0. The molecule has 0 radical (unpaired) electrons. The van der Waals surface area contributed by atoms with Crippen LogP contribution in [0.25, 0.3) is 10.2 Å². The van der Waals surface area contributed by atoms with Crippen LogP contribution in [0.4, 0.5) is 9.52 Å². The third-order valence-electron chi connectivity index (χ3n) is 2.96. The maximum absolute atomic E-state index is 13.1. The summed E-state index contributed by atoms with van der Waals surface area (Å²) in [6.45, 7) is 1.91. The summed E-state index contributed by atoms with van der Waals surface area (Å²) < 4.78 is 14.0. The van der Waals surface area contributed by atoms with Gasteiger partial charge in [-0.3, -0.25) is 10.1 Å². The van der Waals surface area contributed by atoms with Gasteiger partial charge >= 0.3 is 0 Å². The van der Waals surface area contributed by atoms with Gasteiger partial charge in [0.2, 0.25) is 0 Å². The molecule has 1 N–H and O–H groups in total. The van der Waals surface area contributed by atoms with Gasteiger partial charge in [0, 0.05) is 10.6 Å². The fraction of sp³-hybridized carbons (Fsp3) is 0.0667. The van der Waals surface area contributed by atoms with Gasteiger partial charge in [-0.05, 0) is 42.8 Å². The molecule has 0 saturated heterocycles. The molecule has 3 aromatic rings. The Kier molecular flexibility index (Phi) is 3.61. The first-order valence-electron chi connectivity index (χ1n) is 6.16. The zero-order chi connectivity index (χ0) is 15.0. The molecule has 1 aromatic heterocycles. The third kappa shape index (κ3) is 2.89. The smallest absolute Gasteiger partial charge is 0.257 e. The number of carbonyl (C=O) groups is 1. The molecule has 2 aromatic carbocycles. The number of halogens is 2. The molecule has 3 rings (SSSR count). The maximum atomic E-state index is 13.1. The minimum atomic E-state index is -0.449. The number of rotatable bonds is 2. The van der Waals surface area contributed by atoms with Crippen LogP contribution < -0.4 is 5.32 Å². The lowest BCUT2D eigenvalue weighted by Crippen LogP contribution is -2.11. The van der Waals surface area contributed by atoms with Crippen LogP contribution in [0, 0.1) is 12.7 Å². The Balaban J connectivity index is 1.91. The van der Waals surface area contributed by atoms with E-state index in [1.807, 2.05) is 13.0 Å². The topological polar surface area (TPSA) is 42.0 Å². The number of aryl methyl sites for hydroxylation is 1. The molecule has 0 atom stereocenters. The van der Waals surface area contributed by atoms with Gasteiger partial charge in [-0.1, -0.05) is 29.0 Å². The number of hydrogen-bond acceptors (Lipinski definition) is 3. The minimum Gasteiger partial charge on any atom is -0.298 e. The van der Waals surface area contributed by atoms with Gasteiger partial charge in [0.1, 0.15) is 5.82 Å². The van der Waals surface area contributed by atoms with Crippen molar-refractivity contribution in [1.82, 2.24) is 4.98 Å². The quantitative estimate of drug-likeness (QED) is 0.746. The molecule has 0 bridgehead atoms. The Morgan fingerprint density at radius 3 is 2.90 bits per heavy atom. The van der Waals surface area contributed by atoms with E-state index < -0.39 is 11.7 Å². The van der Waals surface area contributed by atoms with Crippen LogP contribution in [-0.4, -0.2) is 10.9 Å². The number of benzene rings is 2. The van der Waals surface area contributed by atoms with Crippen molar-refractivity contribution in [3.8, 4) is 0 Å². The zero-order valence-corrected chi connectivity index (χ0v) is 12.6. The van der Waals surface area contributed by atoms with Crippen molar-refractivity contribution in [3.63, 3.8) is 0 Å². The Morgan fingerprint density at radius 1 is 1.33 bits per heavy atom. The number of fused-ring (bicyclic) bond motifs is 1. The normalized spacial score (nSPS) is 10.8. The minimum absolute atomic E-state index is 0.254. The molecule has 0 unspecified atom stereocenters. The van der Waals surface area contributed by atoms with Crippen molar-refractivity contribution in [3.05, 3.63) is 58.4 Å². The third-order valence-corrected chi connectivity index (χ3v) is 4.09. The molecule has 0 aliphatic heterocycles. The molecule has 0 aliphatic rings. The van der Waals surface area contributed by atoms with Crippen molar-refractivity contribution in [1.29, 1.82) is 0 Å². The summed E-state index contributed by atoms with van der Waals surface area (Å²) >= 11 is 7.33. The molecule has 106 valence electrons. The number of nitrogens with zero attached hydrogens (tertiary/aromatic N) is 1. The summed E-state index contributed by atoms with van der Waals surface area (Å²) in [7, 11) is 0. The Morgan fingerprint density at radius 2 is 2.14 bits per heavy atom. The first-order valence-corrected chi connectivity index (χ1v) is 7.36. The number of thiazole rings is 1. The van der Waals surface area contributed by atoms with Crippen LogP contribution in [0.2, 0.25) is 5.02 Å². The van der Waals surface area contributed by atoms with Gasteiger partial charge in [0.25, 0.3) is 5.91 Å². The molecule has 21 heavy (non-hydrogen) atoms. The summed E-state index contributed by atoms with van der Waals surface area (Å²) in [5.41, 5.74) is 2.00. The predicted octanol–water partition coefficient (Wildman–Crippen LogP) is 4.65. The van der Waals surface area contributed by atoms with Gasteiger partial charge in [-0.15, -0.1) is 0 Å². The summed E-state index contributed by atoms with van der Waals surface area (Å²) in [5.74, 6) is -0.841. The summed E-state index contributed by atoms with van der Waals surface area (Å²) in [4.78, 5) is 16.4. The number of hydrogen-bond donors (Lipinski definition) is 1. The van der Waals surface area contributed by atoms with Crippen molar-refractivity contribution in [2.75, 3.05) is 5.32 Å². The molecular weight excluding hydrogens is 311 g/mol. The molecule has 1 amide bonds. The number of amides is 1. The van der Waals surface area contributed by atoms with Crippen molar-refractivity contribution in [2.24, 2.45) is 0 Å². The van der Waals surface area contributed by atoms with Crippen LogP contribution in [0.5, 0.6) is 0 Å². The lowest BCUT2D eigenvalue weighted by atomic mass is 10.2. The van der Waals surface area contributed by atoms with Gasteiger partial charge < -0.3 is 0 Å². The average molecular weight is 321 g/mol. The fourth-order valence-corrected chi connectivity index (χ4v) is 3.32. The summed E-state index contributed by atoms with van der Waals surface area (Å²) in [6.07, 6.45) is 0. The van der Waals surface area contributed by atoms with Crippen LogP contribution in [0.3, 0.4) is 0 Å². The first-order chi connectivity index (χ1) is 10.0. The summed E-state index contributed by atoms with van der Waals surface area (Å²) in [6, 6.07) is 9.14. The molecule has 3 nitrogen and oxygen atoms in total. The summed E-state index contributed by atoms with van der Waals surface area (Å²) in [5, 5.41) is 3.77. The van der Waals surface area contributed by atoms with E-state index in [0.717, 1.165) is 15.8 Å². The highest BCUT2D eigenvalue weighted by atomic mass is 35.5. The number of aromatic nitrogens is 1. The molecule has 0 saturated carbocycles. The fourth-order valence-electron chi connectivity index (χ4n) is 2.01.